The number of hydrogen-bond donors (Lipinski definition) is 3. The maximum Gasteiger partial charge on any atom is 0.442 e. The van der Waals surface area contributed by atoms with Crippen LogP contribution in [-0.2, 0) is 37.1 Å². The third-order valence-corrected chi connectivity index (χ3v) is 8.73. The summed E-state index contributed by atoms with van der Waals surface area (Å²) >= 11 is 17.9. The Hall–Kier alpha value is -3.34. The summed E-state index contributed by atoms with van der Waals surface area (Å²) in [5.74, 6) is 0.998. The molecule has 3 rings (SSSR count). The van der Waals surface area contributed by atoms with Crippen LogP contribution in [0.5, 0.6) is 5.75 Å². The molecule has 1 aromatic heterocycles. The van der Waals surface area contributed by atoms with E-state index < -0.39 is 30.6 Å². The van der Waals surface area contributed by atoms with Gasteiger partial charge in [0, 0.05) is 31.4 Å². The second kappa shape index (κ2) is 21.2. The molecule has 2 unspecified atom stereocenters. The van der Waals surface area contributed by atoms with E-state index in [2.05, 4.69) is 24.9 Å². The molecule has 0 saturated heterocycles. The molecular formula is C34H46Cl3N4O9P. The van der Waals surface area contributed by atoms with E-state index in [1.165, 1.54) is 18.8 Å². The average Bonchev–Trinajstić information content (AvgIpc) is 3.47. The van der Waals surface area contributed by atoms with Gasteiger partial charge >= 0.3 is 11.7 Å². The fourth-order valence-corrected chi connectivity index (χ4v) is 5.59. The van der Waals surface area contributed by atoms with Crippen molar-refractivity contribution in [2.24, 2.45) is 5.73 Å². The topological polar surface area (TPSA) is 187 Å². The standard InChI is InChI=1S/C15H14Cl2N2O3.C14H20ClNO2.C5H12NO4P/c1-5-6-21-12-8-11(9(16)7-10(12)17)19-14(20)22-13(18-19)15(2,3)4;1-4-11-7-6-8-12(5-2)14(11)16(10-18-3)13(17)9-15;1-11(9,10)3-2-4(6)5(7)8/h1,7-8H,6H2,2-4H3;6-8H,4-5,9-10H2,1-3H3;4H,2-3,6H2,1H3,(H,7,8)(H,9,10). The van der Waals surface area contributed by atoms with Crippen LogP contribution in [0.4, 0.5) is 5.69 Å². The minimum Gasteiger partial charge on any atom is -0.480 e. The molecule has 13 nitrogen and oxygen atoms in total. The first-order valence-electron chi connectivity index (χ1n) is 15.7. The van der Waals surface area contributed by atoms with Gasteiger partial charge in [0.2, 0.25) is 11.8 Å². The lowest BCUT2D eigenvalue weighted by Gasteiger charge is -2.26. The van der Waals surface area contributed by atoms with Crippen LogP contribution in [0.2, 0.25) is 10.0 Å². The van der Waals surface area contributed by atoms with Gasteiger partial charge in [0.15, 0.2) is 7.37 Å². The number of hydrogen-bond acceptors (Lipinski definition) is 9. The van der Waals surface area contributed by atoms with Crippen molar-refractivity contribution >= 4 is 59.7 Å². The molecule has 0 aliphatic carbocycles. The SMILES string of the molecule is C#CCOc1cc(-n2nc(C(C)(C)C)oc2=O)c(Cl)cc1Cl.CCc1cccc(CC)c1N(COC)C(=O)CCl.CP(=O)(O)CCC(N)C(=O)O. The summed E-state index contributed by atoms with van der Waals surface area (Å²) < 4.78 is 27.3. The summed E-state index contributed by atoms with van der Waals surface area (Å²) in [7, 11) is -1.52. The van der Waals surface area contributed by atoms with E-state index in [0.29, 0.717) is 17.3 Å². The van der Waals surface area contributed by atoms with Crippen LogP contribution in [0, 0.1) is 12.3 Å². The normalized spacial score (nSPS) is 12.6. The number of benzene rings is 2. The van der Waals surface area contributed by atoms with Crippen molar-refractivity contribution in [3.63, 3.8) is 0 Å². The van der Waals surface area contributed by atoms with Crippen LogP contribution in [0.1, 0.15) is 58.1 Å². The van der Waals surface area contributed by atoms with Gasteiger partial charge in [0.05, 0.1) is 21.4 Å². The highest BCUT2D eigenvalue weighted by Gasteiger charge is 2.24. The Bertz CT molecular complexity index is 1740. The Morgan fingerprint density at radius 3 is 2.20 bits per heavy atom. The number of carbonyl (C=O) groups excluding carboxylic acids is 1. The predicted octanol–water partition coefficient (Wildman–Crippen LogP) is 6.12. The van der Waals surface area contributed by atoms with Gasteiger partial charge in [-0.3, -0.25) is 19.1 Å². The molecule has 0 fully saturated rings. The van der Waals surface area contributed by atoms with Crippen LogP contribution in [0.15, 0.2) is 39.5 Å². The Balaban J connectivity index is 0.000000405. The van der Waals surface area contributed by atoms with E-state index in [4.69, 9.17) is 70.9 Å². The number of nitrogens with zero attached hydrogens (tertiary/aromatic N) is 3. The Morgan fingerprint density at radius 2 is 1.76 bits per heavy atom. The van der Waals surface area contributed by atoms with Gasteiger partial charge in [-0.1, -0.05) is 81.9 Å². The number of ether oxygens (including phenoxy) is 2. The first-order chi connectivity index (χ1) is 23.8. The van der Waals surface area contributed by atoms with Gasteiger partial charge in [-0.2, -0.15) is 4.68 Å². The number of anilines is 1. The fourth-order valence-electron chi connectivity index (χ4n) is 4.17. The molecule has 0 radical (unpaired) electrons. The summed E-state index contributed by atoms with van der Waals surface area (Å²) in [6.07, 6.45) is 6.90. The summed E-state index contributed by atoms with van der Waals surface area (Å²) in [5.41, 5.74) is 8.23. The lowest BCUT2D eigenvalue weighted by molar-refractivity contribution is -0.138. The molecule has 0 bridgehead atoms. The summed E-state index contributed by atoms with van der Waals surface area (Å²) in [5, 5.41) is 13.0. The number of carboxylic acid groups (broad SMARTS) is 1. The van der Waals surface area contributed by atoms with Crippen LogP contribution >= 0.6 is 42.2 Å². The molecule has 2 atom stereocenters. The van der Waals surface area contributed by atoms with Crippen molar-refractivity contribution in [3.8, 4) is 23.8 Å². The number of aromatic nitrogens is 2. The van der Waals surface area contributed by atoms with Crippen molar-refractivity contribution in [1.82, 2.24) is 9.78 Å². The van der Waals surface area contributed by atoms with E-state index in [-0.39, 0.29) is 47.8 Å². The number of nitrogens with two attached hydrogens (primary N) is 1. The van der Waals surface area contributed by atoms with E-state index >= 15 is 0 Å². The maximum atomic E-state index is 12.0. The molecule has 0 aliphatic heterocycles. The third-order valence-electron chi connectivity index (χ3n) is 6.81. The van der Waals surface area contributed by atoms with Gasteiger partial charge < -0.3 is 29.6 Å². The molecule has 282 valence electrons. The molecule has 2 aromatic carbocycles. The zero-order valence-corrected chi connectivity index (χ0v) is 32.9. The number of methoxy groups -OCH3 is 1. The van der Waals surface area contributed by atoms with E-state index in [1.54, 1.807) is 12.0 Å². The number of alkyl halides is 1. The van der Waals surface area contributed by atoms with Gasteiger partial charge in [-0.05, 0) is 36.5 Å². The molecule has 1 heterocycles. The molecule has 0 aliphatic rings. The number of para-hydroxylation sites is 1. The second-order valence-corrected chi connectivity index (χ2v) is 15.7. The van der Waals surface area contributed by atoms with Gasteiger partial charge in [-0.15, -0.1) is 23.1 Å². The Morgan fingerprint density at radius 1 is 1.18 bits per heavy atom. The molecule has 4 N–H and O–H groups in total. The molecule has 17 heteroatoms. The number of terminal acetylenes is 1. The van der Waals surface area contributed by atoms with Crippen LogP contribution in [0.3, 0.4) is 0 Å². The summed E-state index contributed by atoms with van der Waals surface area (Å²) in [6, 6.07) is 8.03. The second-order valence-electron chi connectivity index (χ2n) is 12.1. The molecule has 1 amide bonds. The number of rotatable bonds is 13. The lowest BCUT2D eigenvalue weighted by Crippen LogP contribution is -2.35. The Labute approximate surface area is 313 Å². The van der Waals surface area contributed by atoms with Crippen LogP contribution < -0.4 is 21.1 Å². The van der Waals surface area contributed by atoms with E-state index in [0.717, 1.165) is 34.3 Å². The highest BCUT2D eigenvalue weighted by Crippen LogP contribution is 2.36. The largest absolute Gasteiger partial charge is 0.480 e. The van der Waals surface area contributed by atoms with Crippen molar-refractivity contribution < 1.29 is 38.0 Å². The van der Waals surface area contributed by atoms with Crippen molar-refractivity contribution in [3.05, 3.63) is 67.9 Å². The van der Waals surface area contributed by atoms with Gasteiger partial charge in [0.1, 0.15) is 31.0 Å². The van der Waals surface area contributed by atoms with Crippen molar-refractivity contribution in [2.45, 2.75) is 65.3 Å². The molecule has 3 aromatic rings. The highest BCUT2D eigenvalue weighted by molar-refractivity contribution is 7.57. The van der Waals surface area contributed by atoms with Crippen LogP contribution in [0.25, 0.3) is 5.69 Å². The van der Waals surface area contributed by atoms with Gasteiger partial charge in [0.25, 0.3) is 0 Å². The lowest BCUT2D eigenvalue weighted by atomic mass is 9.97. The molecule has 0 saturated carbocycles. The minimum atomic E-state index is -3.10. The zero-order chi connectivity index (χ0) is 39.1. The van der Waals surface area contributed by atoms with Crippen molar-refractivity contribution in [1.29, 1.82) is 0 Å². The highest BCUT2D eigenvalue weighted by atomic mass is 35.5. The smallest absolute Gasteiger partial charge is 0.442 e. The van der Waals surface area contributed by atoms with Gasteiger partial charge in [-0.25, -0.2) is 4.79 Å². The van der Waals surface area contributed by atoms with Crippen molar-refractivity contribution in [2.75, 3.05) is 44.1 Å². The summed E-state index contributed by atoms with van der Waals surface area (Å²) in [4.78, 5) is 44.5. The minimum absolute atomic E-state index is 0.0371. The first-order valence-corrected chi connectivity index (χ1v) is 19.2. The van der Waals surface area contributed by atoms with Crippen LogP contribution in [-0.4, -0.2) is 76.9 Å². The monoisotopic (exact) mass is 790 g/mol. The predicted molar refractivity (Wildman–Crippen MR) is 201 cm³/mol. The maximum absolute atomic E-state index is 12.0. The number of aliphatic carboxylic acids is 1. The number of carboxylic acids is 1. The number of aryl methyl sites for hydroxylation is 2. The number of amides is 1. The average molecular weight is 792 g/mol. The van der Waals surface area contributed by atoms with E-state index in [9.17, 15) is 18.9 Å². The molecular weight excluding hydrogens is 746 g/mol. The Kier molecular flexibility index (Phi) is 19.0. The molecule has 51 heavy (non-hydrogen) atoms. The molecule has 0 spiro atoms. The summed E-state index contributed by atoms with van der Waals surface area (Å²) in [6.45, 7) is 11.3. The van der Waals surface area contributed by atoms with E-state index in [1.807, 2.05) is 39.0 Å². The quantitative estimate of drug-likeness (QED) is 0.0784. The third kappa shape index (κ3) is 14.7. The number of halogens is 3. The first kappa shape index (κ1) is 45.7. The zero-order valence-electron chi connectivity index (χ0n) is 29.7. The fraction of sp³-hybridized carbons (Fsp3) is 0.471. The number of carbonyl (C=O) groups is 2.